The maximum atomic E-state index is 11.5. The predicted octanol–water partition coefficient (Wildman–Crippen LogP) is 9.27. The van der Waals surface area contributed by atoms with Crippen LogP contribution in [-0.2, 0) is 14.4 Å². The summed E-state index contributed by atoms with van der Waals surface area (Å²) in [4.78, 5) is 34.5. The van der Waals surface area contributed by atoms with E-state index in [-0.39, 0.29) is 100 Å². The van der Waals surface area contributed by atoms with Crippen LogP contribution in [0, 0.1) is 81.9 Å². The molecule has 0 saturated heterocycles. The van der Waals surface area contributed by atoms with Gasteiger partial charge < -0.3 is 15.3 Å². The Morgan fingerprint density at radius 3 is 0.550 bits per heavy atom. The van der Waals surface area contributed by atoms with Gasteiger partial charge in [-0.05, 0) is 0 Å². The van der Waals surface area contributed by atoms with E-state index in [9.17, 15) is 29.7 Å². The van der Waals surface area contributed by atoms with Crippen LogP contribution in [0.1, 0.15) is 125 Å². The Labute approximate surface area is 286 Å². The van der Waals surface area contributed by atoms with Crippen molar-refractivity contribution in [3.8, 4) is 0 Å². The van der Waals surface area contributed by atoms with Crippen molar-refractivity contribution < 1.29 is 79.1 Å². The van der Waals surface area contributed by atoms with E-state index >= 15 is 0 Å². The van der Waals surface area contributed by atoms with Gasteiger partial charge in [0.1, 0.15) is 17.3 Å². The third kappa shape index (κ3) is 21.9. The Bertz CT molecular complexity index is 801. The standard InChI is InChI=1S/3C11H20O2.Eu/c3*1-10(2,3)8(12)7-9(13)11(4,5)6;/h3*7,12H,1-6H3;/b3*8-7-;. The SMILES string of the molecule is CC(C)(C)C(=O)/C=C(\O)C(C)(C)C.CC(C)(C)C(=O)/C=C(\O)C(C)(C)C.CC(C)(C)C(=O)/C=C(\O)C(C)(C)C.[Eu]. The summed E-state index contributed by atoms with van der Waals surface area (Å²) in [5.41, 5.74) is -2.29. The summed E-state index contributed by atoms with van der Waals surface area (Å²) in [6.45, 7) is 33.3. The third-order valence-electron chi connectivity index (χ3n) is 5.33. The third-order valence-corrected chi connectivity index (χ3v) is 5.33. The van der Waals surface area contributed by atoms with E-state index in [2.05, 4.69) is 0 Å². The first-order chi connectivity index (χ1) is 16.6. The Morgan fingerprint density at radius 2 is 0.475 bits per heavy atom. The minimum atomic E-state index is -0.417. The summed E-state index contributed by atoms with van der Waals surface area (Å²) < 4.78 is 0. The van der Waals surface area contributed by atoms with Crippen molar-refractivity contribution in [2.45, 2.75) is 125 Å². The first kappa shape index (κ1) is 46.2. The fourth-order valence-corrected chi connectivity index (χ4v) is 1.67. The summed E-state index contributed by atoms with van der Waals surface area (Å²) in [5, 5.41) is 28.7. The van der Waals surface area contributed by atoms with E-state index in [0.29, 0.717) is 0 Å². The Kier molecular flexibility index (Phi) is 19.3. The van der Waals surface area contributed by atoms with E-state index < -0.39 is 16.2 Å². The quantitative estimate of drug-likeness (QED) is 0.200. The van der Waals surface area contributed by atoms with E-state index in [1.165, 1.54) is 18.2 Å². The molecule has 0 atom stereocenters. The molecule has 1 radical (unpaired) electrons. The zero-order valence-corrected chi connectivity index (χ0v) is 31.1. The van der Waals surface area contributed by atoms with Gasteiger partial charge in [0.05, 0.1) is 0 Å². The van der Waals surface area contributed by atoms with E-state index in [1.807, 2.05) is 125 Å². The van der Waals surface area contributed by atoms with E-state index in [4.69, 9.17) is 0 Å². The molecule has 0 heterocycles. The molecule has 0 aromatic rings. The molecule has 0 amide bonds. The van der Waals surface area contributed by atoms with Gasteiger partial charge >= 0.3 is 0 Å². The van der Waals surface area contributed by atoms with Crippen molar-refractivity contribution in [1.29, 1.82) is 0 Å². The van der Waals surface area contributed by atoms with Crippen molar-refractivity contribution in [2.75, 3.05) is 0 Å². The summed E-state index contributed by atoms with van der Waals surface area (Å²) in [7, 11) is 0. The summed E-state index contributed by atoms with van der Waals surface area (Å²) >= 11 is 0. The second-order valence-electron chi connectivity index (χ2n) is 16.2. The van der Waals surface area contributed by atoms with Gasteiger partial charge in [0.15, 0.2) is 17.3 Å². The Hall–Kier alpha value is -0.786. The summed E-state index contributed by atoms with van der Waals surface area (Å²) in [5.74, 6) is 0.312. The van der Waals surface area contributed by atoms with Gasteiger partial charge in [-0.3, -0.25) is 14.4 Å². The average Bonchev–Trinajstić information content (AvgIpc) is 2.64. The zero-order chi connectivity index (χ0) is 32.6. The molecular formula is C33H60EuO6. The van der Waals surface area contributed by atoms with Gasteiger partial charge in [-0.2, -0.15) is 0 Å². The van der Waals surface area contributed by atoms with Crippen LogP contribution in [0.15, 0.2) is 35.5 Å². The van der Waals surface area contributed by atoms with Gasteiger partial charge in [0, 0.05) is 100 Å². The first-order valence-electron chi connectivity index (χ1n) is 13.5. The van der Waals surface area contributed by atoms with Crippen molar-refractivity contribution in [1.82, 2.24) is 0 Å². The largest absolute Gasteiger partial charge is 0.512 e. The monoisotopic (exact) mass is 705 g/mol. The van der Waals surface area contributed by atoms with Crippen LogP contribution >= 0.6 is 0 Å². The van der Waals surface area contributed by atoms with Crippen molar-refractivity contribution in [2.24, 2.45) is 32.5 Å². The van der Waals surface area contributed by atoms with Crippen LogP contribution in [0.25, 0.3) is 0 Å². The first-order valence-corrected chi connectivity index (χ1v) is 13.5. The van der Waals surface area contributed by atoms with E-state index in [1.54, 1.807) is 0 Å². The minimum absolute atomic E-state index is 0. The number of carbonyl (C=O) groups is 3. The van der Waals surface area contributed by atoms with Gasteiger partial charge in [-0.25, -0.2) is 0 Å². The molecule has 0 spiro atoms. The molecule has 0 aromatic carbocycles. The molecule has 235 valence electrons. The van der Waals surface area contributed by atoms with Crippen LogP contribution in [-0.4, -0.2) is 32.7 Å². The molecule has 0 aliphatic carbocycles. The van der Waals surface area contributed by atoms with Crippen molar-refractivity contribution in [3.63, 3.8) is 0 Å². The molecule has 40 heavy (non-hydrogen) atoms. The maximum absolute atomic E-state index is 11.5. The number of aliphatic hydroxyl groups excluding tert-OH is 3. The van der Waals surface area contributed by atoms with Gasteiger partial charge in [0.25, 0.3) is 0 Å². The fourth-order valence-electron chi connectivity index (χ4n) is 1.67. The number of rotatable bonds is 3. The van der Waals surface area contributed by atoms with Gasteiger partial charge in [0.2, 0.25) is 0 Å². The molecule has 3 N–H and O–H groups in total. The molecule has 0 unspecified atom stereocenters. The van der Waals surface area contributed by atoms with Crippen LogP contribution in [0.3, 0.4) is 0 Å². The molecule has 0 aromatic heterocycles. The van der Waals surface area contributed by atoms with E-state index in [0.717, 1.165) is 0 Å². The number of hydrogen-bond donors (Lipinski definition) is 3. The Morgan fingerprint density at radius 1 is 0.350 bits per heavy atom. The number of allylic oxidation sites excluding steroid dienone is 6. The molecular weight excluding hydrogens is 644 g/mol. The van der Waals surface area contributed by atoms with Crippen LogP contribution in [0.2, 0.25) is 0 Å². The average molecular weight is 705 g/mol. The second kappa shape index (κ2) is 16.7. The number of hydrogen-bond acceptors (Lipinski definition) is 6. The molecule has 0 saturated carbocycles. The molecule has 0 bridgehead atoms. The van der Waals surface area contributed by atoms with Gasteiger partial charge in [-0.15, -0.1) is 0 Å². The minimum Gasteiger partial charge on any atom is -0.512 e. The second-order valence-corrected chi connectivity index (χ2v) is 16.2. The number of aliphatic hydroxyl groups is 3. The topological polar surface area (TPSA) is 112 Å². The van der Waals surface area contributed by atoms with Crippen molar-refractivity contribution >= 4 is 17.3 Å². The molecule has 0 rings (SSSR count). The zero-order valence-electron chi connectivity index (χ0n) is 28.7. The summed E-state index contributed by atoms with van der Waals surface area (Å²) in [6, 6.07) is 0. The maximum Gasteiger partial charge on any atom is 0.164 e. The Balaban J connectivity index is -0.000000240. The molecule has 0 aliphatic heterocycles. The normalized spacial score (nSPS) is 14.1. The fraction of sp³-hybridized carbons (Fsp3) is 0.727. The predicted molar refractivity (Wildman–Crippen MR) is 164 cm³/mol. The van der Waals surface area contributed by atoms with Crippen LogP contribution in [0.5, 0.6) is 0 Å². The van der Waals surface area contributed by atoms with Gasteiger partial charge in [-0.1, -0.05) is 125 Å². The van der Waals surface area contributed by atoms with Crippen LogP contribution in [0.4, 0.5) is 0 Å². The van der Waals surface area contributed by atoms with Crippen molar-refractivity contribution in [3.05, 3.63) is 35.5 Å². The number of carbonyl (C=O) groups excluding carboxylic acids is 3. The smallest absolute Gasteiger partial charge is 0.164 e. The number of ketones is 3. The van der Waals surface area contributed by atoms with Crippen LogP contribution < -0.4 is 0 Å². The molecule has 0 fully saturated rings. The molecule has 6 nitrogen and oxygen atoms in total. The summed E-state index contributed by atoms with van der Waals surface area (Å²) in [6.07, 6.45) is 4.00. The molecule has 0 aliphatic rings. The molecule has 7 heteroatoms.